The summed E-state index contributed by atoms with van der Waals surface area (Å²) in [6.07, 6.45) is 0. The van der Waals surface area contributed by atoms with E-state index >= 15 is 0 Å². The first-order valence-electron chi connectivity index (χ1n) is 3.77. The van der Waals surface area contributed by atoms with Gasteiger partial charge in [-0.25, -0.2) is 0 Å². The number of hydrogen-bond donors (Lipinski definition) is 1. The first kappa shape index (κ1) is 12.8. The predicted molar refractivity (Wildman–Crippen MR) is 46.6 cm³/mol. The molecule has 1 aliphatic heterocycles. The van der Waals surface area contributed by atoms with Gasteiger partial charge in [0.15, 0.2) is 0 Å². The summed E-state index contributed by atoms with van der Waals surface area (Å²) in [7, 11) is -1.60. The lowest BCUT2D eigenvalue weighted by Crippen LogP contribution is -2.30. The Labute approximate surface area is 78.5 Å². The number of ether oxygens (including phenoxy) is 1. The smallest absolute Gasteiger partial charge is 0.379 e. The highest BCUT2D eigenvalue weighted by molar-refractivity contribution is 7.81. The zero-order chi connectivity index (χ0) is 10.2. The predicted octanol–water partition coefficient (Wildman–Crippen LogP) is -0.870. The average Bonchev–Trinajstić information content (AvgIpc) is 2.21. The average molecular weight is 213 g/mol. The molecule has 0 atom stereocenters. The van der Waals surface area contributed by atoms with E-state index < -0.39 is 10.4 Å². The van der Waals surface area contributed by atoms with Gasteiger partial charge in [0.25, 0.3) is 0 Å². The Hall–Kier alpha value is -0.210. The van der Waals surface area contributed by atoms with Crippen LogP contribution in [-0.2, 0) is 23.5 Å². The van der Waals surface area contributed by atoms with Gasteiger partial charge in [-0.1, -0.05) is 0 Å². The number of nitrogens with one attached hydrogen (secondary N) is 1. The summed E-state index contributed by atoms with van der Waals surface area (Å²) >= 11 is 0. The molecular formula is C6H15NO5S. The highest BCUT2D eigenvalue weighted by Crippen LogP contribution is 1.85. The van der Waals surface area contributed by atoms with Gasteiger partial charge in [-0.3, -0.25) is 8.37 Å². The molecule has 6 nitrogen and oxygen atoms in total. The topological polar surface area (TPSA) is 73.9 Å². The lowest BCUT2D eigenvalue weighted by atomic mass is 10.5. The summed E-state index contributed by atoms with van der Waals surface area (Å²) in [5.41, 5.74) is 0. The Kier molecular flexibility index (Phi) is 7.10. The van der Waals surface area contributed by atoms with Gasteiger partial charge < -0.3 is 10.1 Å². The summed E-state index contributed by atoms with van der Waals surface area (Å²) in [6, 6.07) is 0. The fraction of sp³-hybridized carbons (Fsp3) is 1.00. The van der Waals surface area contributed by atoms with Gasteiger partial charge in [-0.05, 0) is 0 Å². The van der Waals surface area contributed by atoms with Crippen molar-refractivity contribution in [2.75, 3.05) is 40.5 Å². The molecule has 0 aromatic heterocycles. The van der Waals surface area contributed by atoms with Crippen LogP contribution in [0.1, 0.15) is 0 Å². The Morgan fingerprint density at radius 1 is 1.15 bits per heavy atom. The molecule has 0 aliphatic carbocycles. The van der Waals surface area contributed by atoms with Crippen LogP contribution in [0.25, 0.3) is 0 Å². The monoisotopic (exact) mass is 213 g/mol. The van der Waals surface area contributed by atoms with Gasteiger partial charge in [-0.2, -0.15) is 8.42 Å². The van der Waals surface area contributed by atoms with E-state index in [4.69, 9.17) is 4.74 Å². The van der Waals surface area contributed by atoms with E-state index in [0.29, 0.717) is 0 Å². The molecule has 1 saturated heterocycles. The third kappa shape index (κ3) is 8.13. The summed E-state index contributed by atoms with van der Waals surface area (Å²) in [4.78, 5) is 0. The van der Waals surface area contributed by atoms with E-state index in [0.717, 1.165) is 40.5 Å². The number of rotatable bonds is 2. The van der Waals surface area contributed by atoms with Crippen LogP contribution in [-0.4, -0.2) is 48.9 Å². The molecule has 1 N–H and O–H groups in total. The van der Waals surface area contributed by atoms with Crippen LogP contribution in [0.3, 0.4) is 0 Å². The van der Waals surface area contributed by atoms with E-state index in [1.165, 1.54) is 0 Å². The minimum atomic E-state index is -3.66. The Bertz CT molecular complexity index is 178. The zero-order valence-electron chi connectivity index (χ0n) is 7.78. The summed E-state index contributed by atoms with van der Waals surface area (Å²) < 4.78 is 32.5. The van der Waals surface area contributed by atoms with Crippen LogP contribution in [0.2, 0.25) is 0 Å². The second-order valence-electron chi connectivity index (χ2n) is 2.10. The molecule has 0 spiro atoms. The fourth-order valence-corrected chi connectivity index (χ4v) is 0.720. The molecule has 0 bridgehead atoms. The Morgan fingerprint density at radius 2 is 1.62 bits per heavy atom. The van der Waals surface area contributed by atoms with Crippen LogP contribution in [0.15, 0.2) is 0 Å². The van der Waals surface area contributed by atoms with Crippen LogP contribution >= 0.6 is 0 Å². The molecule has 1 heterocycles. The van der Waals surface area contributed by atoms with Crippen molar-refractivity contribution in [2.24, 2.45) is 0 Å². The summed E-state index contributed by atoms with van der Waals surface area (Å²) in [5, 5.41) is 3.16. The molecule has 0 saturated carbocycles. The van der Waals surface area contributed by atoms with Crippen molar-refractivity contribution in [3.8, 4) is 0 Å². The fourth-order valence-electron chi connectivity index (χ4n) is 0.584. The quantitative estimate of drug-likeness (QED) is 0.643. The first-order chi connectivity index (χ1) is 6.12. The second-order valence-corrected chi connectivity index (χ2v) is 3.59. The molecule has 13 heavy (non-hydrogen) atoms. The number of hydrogen-bond acceptors (Lipinski definition) is 6. The van der Waals surface area contributed by atoms with Gasteiger partial charge in [0.1, 0.15) is 0 Å². The van der Waals surface area contributed by atoms with Crippen molar-refractivity contribution in [3.05, 3.63) is 0 Å². The van der Waals surface area contributed by atoms with Crippen LogP contribution < -0.4 is 5.32 Å². The van der Waals surface area contributed by atoms with E-state index in [9.17, 15) is 8.42 Å². The SMILES string of the molecule is C1COCCN1.COS(=O)(=O)OC. The van der Waals surface area contributed by atoms with Crippen LogP contribution in [0.4, 0.5) is 0 Å². The van der Waals surface area contributed by atoms with Crippen molar-refractivity contribution in [3.63, 3.8) is 0 Å². The molecular weight excluding hydrogens is 198 g/mol. The molecule has 0 aromatic carbocycles. The molecule has 0 aromatic rings. The van der Waals surface area contributed by atoms with Crippen LogP contribution in [0.5, 0.6) is 0 Å². The lowest BCUT2D eigenvalue weighted by Gasteiger charge is -2.10. The first-order valence-corrected chi connectivity index (χ1v) is 5.10. The van der Waals surface area contributed by atoms with Gasteiger partial charge in [0, 0.05) is 13.1 Å². The van der Waals surface area contributed by atoms with Gasteiger partial charge in [0.05, 0.1) is 27.4 Å². The maximum absolute atomic E-state index is 9.92. The second kappa shape index (κ2) is 7.22. The molecule has 0 unspecified atom stereocenters. The van der Waals surface area contributed by atoms with E-state index in [-0.39, 0.29) is 0 Å². The molecule has 1 rings (SSSR count). The van der Waals surface area contributed by atoms with E-state index in [1.807, 2.05) is 0 Å². The molecule has 1 aliphatic rings. The molecule has 0 radical (unpaired) electrons. The zero-order valence-corrected chi connectivity index (χ0v) is 8.59. The Morgan fingerprint density at radius 3 is 1.69 bits per heavy atom. The molecule has 80 valence electrons. The van der Waals surface area contributed by atoms with E-state index in [2.05, 4.69) is 13.7 Å². The highest BCUT2D eigenvalue weighted by Gasteiger charge is 2.01. The van der Waals surface area contributed by atoms with Crippen molar-refractivity contribution in [2.45, 2.75) is 0 Å². The lowest BCUT2D eigenvalue weighted by molar-refractivity contribution is 0.109. The van der Waals surface area contributed by atoms with Gasteiger partial charge in [-0.15, -0.1) is 0 Å². The van der Waals surface area contributed by atoms with Crippen molar-refractivity contribution < 1.29 is 21.5 Å². The summed E-state index contributed by atoms with van der Waals surface area (Å²) in [5.74, 6) is 0. The number of morpholine rings is 1. The standard InChI is InChI=1S/C4H9NO.C2H6O4S/c1-3-6-4-2-5-1;1-5-7(3,4)6-2/h5H,1-4H2;1-2H3. The largest absolute Gasteiger partial charge is 0.399 e. The maximum Gasteiger partial charge on any atom is 0.399 e. The normalized spacial score (nSPS) is 17.4. The van der Waals surface area contributed by atoms with Crippen LogP contribution in [0, 0.1) is 0 Å². The van der Waals surface area contributed by atoms with Crippen molar-refractivity contribution in [1.82, 2.24) is 5.32 Å². The third-order valence-electron chi connectivity index (χ3n) is 1.25. The highest BCUT2D eigenvalue weighted by atomic mass is 32.3. The Balaban J connectivity index is 0.000000223. The minimum absolute atomic E-state index is 0.889. The molecule has 1 fully saturated rings. The summed E-state index contributed by atoms with van der Waals surface area (Å²) in [6.45, 7) is 3.83. The maximum atomic E-state index is 9.92. The third-order valence-corrected chi connectivity index (χ3v) is 2.07. The molecule has 0 amide bonds. The van der Waals surface area contributed by atoms with Crippen molar-refractivity contribution >= 4 is 10.4 Å². The minimum Gasteiger partial charge on any atom is -0.379 e. The molecule has 7 heteroatoms. The van der Waals surface area contributed by atoms with Crippen molar-refractivity contribution in [1.29, 1.82) is 0 Å². The van der Waals surface area contributed by atoms with Gasteiger partial charge >= 0.3 is 10.4 Å². The van der Waals surface area contributed by atoms with E-state index in [1.54, 1.807) is 0 Å². The van der Waals surface area contributed by atoms with Gasteiger partial charge in [0.2, 0.25) is 0 Å².